The first-order valence-corrected chi connectivity index (χ1v) is 8.58. The Kier molecular flexibility index (Phi) is 5.83. The second-order valence-electron chi connectivity index (χ2n) is 4.73. The Morgan fingerprint density at radius 1 is 1.40 bits per heavy atom. The van der Waals surface area contributed by atoms with Gasteiger partial charge in [0.05, 0.1) is 17.0 Å². The zero-order chi connectivity index (χ0) is 15.3. The summed E-state index contributed by atoms with van der Waals surface area (Å²) in [5.74, 6) is -0.223. The summed E-state index contributed by atoms with van der Waals surface area (Å²) >= 11 is 5.97. The number of hydrogen-bond donors (Lipinski definition) is 2. The lowest BCUT2D eigenvalue weighted by molar-refractivity contribution is 0.0938. The standard InChI is InChI=1S/C13H19ClN2O3S/c1-4-5-9(2)15-13(17)10-6-7-12(11(14)8-10)16-20(3,18)19/h6-9,16H,4-5H2,1-3H3,(H,15,17)/t9-/m0/s1. The smallest absolute Gasteiger partial charge is 0.251 e. The number of anilines is 1. The quantitative estimate of drug-likeness (QED) is 0.846. The Hall–Kier alpha value is -1.27. The summed E-state index contributed by atoms with van der Waals surface area (Å²) in [5.41, 5.74) is 0.657. The number of sulfonamides is 1. The summed E-state index contributed by atoms with van der Waals surface area (Å²) in [6, 6.07) is 4.54. The van der Waals surface area contributed by atoms with Crippen molar-refractivity contribution in [2.45, 2.75) is 32.7 Å². The van der Waals surface area contributed by atoms with E-state index in [9.17, 15) is 13.2 Å². The number of benzene rings is 1. The third kappa shape index (κ3) is 5.38. The van der Waals surface area contributed by atoms with Gasteiger partial charge in [0.25, 0.3) is 5.91 Å². The molecule has 7 heteroatoms. The Bertz CT molecular complexity index is 587. The van der Waals surface area contributed by atoms with E-state index in [0.29, 0.717) is 5.56 Å². The van der Waals surface area contributed by atoms with E-state index in [1.54, 1.807) is 0 Å². The molecule has 0 aliphatic rings. The minimum atomic E-state index is -3.39. The molecule has 5 nitrogen and oxygen atoms in total. The molecule has 0 heterocycles. The normalized spacial score (nSPS) is 12.8. The fraction of sp³-hybridized carbons (Fsp3) is 0.462. The topological polar surface area (TPSA) is 75.3 Å². The van der Waals surface area contributed by atoms with Crippen LogP contribution < -0.4 is 10.0 Å². The van der Waals surface area contributed by atoms with Crippen molar-refractivity contribution in [3.05, 3.63) is 28.8 Å². The molecule has 1 aromatic rings. The summed E-state index contributed by atoms with van der Waals surface area (Å²) in [5, 5.41) is 3.04. The Morgan fingerprint density at radius 2 is 2.05 bits per heavy atom. The van der Waals surface area contributed by atoms with Gasteiger partial charge in [0, 0.05) is 11.6 Å². The number of halogens is 1. The maximum Gasteiger partial charge on any atom is 0.251 e. The van der Waals surface area contributed by atoms with Gasteiger partial charge in [-0.3, -0.25) is 9.52 Å². The fourth-order valence-electron chi connectivity index (χ4n) is 1.75. The van der Waals surface area contributed by atoms with Crippen LogP contribution in [0.5, 0.6) is 0 Å². The highest BCUT2D eigenvalue weighted by molar-refractivity contribution is 7.92. The second-order valence-corrected chi connectivity index (χ2v) is 6.89. The van der Waals surface area contributed by atoms with Crippen molar-refractivity contribution < 1.29 is 13.2 Å². The van der Waals surface area contributed by atoms with Crippen LogP contribution in [0.1, 0.15) is 37.0 Å². The Balaban J connectivity index is 2.84. The van der Waals surface area contributed by atoms with Crippen molar-refractivity contribution in [2.75, 3.05) is 11.0 Å². The minimum absolute atomic E-state index is 0.0834. The maximum absolute atomic E-state index is 12.0. The molecule has 1 atom stereocenters. The van der Waals surface area contributed by atoms with Gasteiger partial charge in [-0.25, -0.2) is 8.42 Å². The average Bonchev–Trinajstić information content (AvgIpc) is 2.30. The monoisotopic (exact) mass is 318 g/mol. The van der Waals surface area contributed by atoms with E-state index in [0.717, 1.165) is 19.1 Å². The van der Waals surface area contributed by atoms with Crippen molar-refractivity contribution in [3.63, 3.8) is 0 Å². The molecule has 1 rings (SSSR count). The van der Waals surface area contributed by atoms with Gasteiger partial charge in [0.2, 0.25) is 10.0 Å². The molecule has 0 unspecified atom stereocenters. The van der Waals surface area contributed by atoms with Crippen LogP contribution in [0.15, 0.2) is 18.2 Å². The van der Waals surface area contributed by atoms with Crippen molar-refractivity contribution in [1.82, 2.24) is 5.32 Å². The van der Waals surface area contributed by atoms with Gasteiger partial charge >= 0.3 is 0 Å². The summed E-state index contributed by atoms with van der Waals surface area (Å²) in [4.78, 5) is 12.0. The molecule has 1 aromatic carbocycles. The second kappa shape index (κ2) is 6.95. The van der Waals surface area contributed by atoms with E-state index in [1.807, 2.05) is 13.8 Å². The summed E-state index contributed by atoms with van der Waals surface area (Å²) in [7, 11) is -3.39. The molecule has 0 saturated carbocycles. The lowest BCUT2D eigenvalue weighted by atomic mass is 10.1. The summed E-state index contributed by atoms with van der Waals surface area (Å²) in [6.07, 6.45) is 2.92. The van der Waals surface area contributed by atoms with E-state index < -0.39 is 10.0 Å². The van der Waals surface area contributed by atoms with E-state index in [4.69, 9.17) is 11.6 Å². The molecule has 0 radical (unpaired) electrons. The molecule has 0 aromatic heterocycles. The van der Waals surface area contributed by atoms with Gasteiger partial charge in [-0.15, -0.1) is 0 Å². The summed E-state index contributed by atoms with van der Waals surface area (Å²) < 4.78 is 24.6. The number of amides is 1. The molecule has 20 heavy (non-hydrogen) atoms. The van der Waals surface area contributed by atoms with Gasteiger partial charge in [-0.2, -0.15) is 0 Å². The molecule has 112 valence electrons. The molecule has 1 amide bonds. The predicted octanol–water partition coefficient (Wildman–Crippen LogP) is 2.63. The van der Waals surface area contributed by atoms with Gasteiger partial charge in [0.15, 0.2) is 0 Å². The molecule has 0 bridgehead atoms. The molecular formula is C13H19ClN2O3S. The largest absolute Gasteiger partial charge is 0.350 e. The van der Waals surface area contributed by atoms with Crippen LogP contribution in [0.3, 0.4) is 0 Å². The van der Waals surface area contributed by atoms with Crippen LogP contribution in [0, 0.1) is 0 Å². The zero-order valence-electron chi connectivity index (χ0n) is 11.7. The third-order valence-electron chi connectivity index (χ3n) is 2.63. The minimum Gasteiger partial charge on any atom is -0.350 e. The third-order valence-corrected chi connectivity index (χ3v) is 3.53. The first-order valence-electron chi connectivity index (χ1n) is 6.31. The molecule has 0 saturated heterocycles. The fourth-order valence-corrected chi connectivity index (χ4v) is 2.61. The van der Waals surface area contributed by atoms with Crippen LogP contribution in [0.4, 0.5) is 5.69 Å². The van der Waals surface area contributed by atoms with Crippen molar-refractivity contribution >= 4 is 33.2 Å². The predicted molar refractivity (Wildman–Crippen MR) is 81.8 cm³/mol. The highest BCUT2D eigenvalue weighted by Crippen LogP contribution is 2.23. The van der Waals surface area contributed by atoms with Crippen LogP contribution in [-0.4, -0.2) is 26.6 Å². The zero-order valence-corrected chi connectivity index (χ0v) is 13.3. The van der Waals surface area contributed by atoms with Crippen LogP contribution in [0.2, 0.25) is 5.02 Å². The van der Waals surface area contributed by atoms with Gasteiger partial charge in [-0.1, -0.05) is 24.9 Å². The van der Waals surface area contributed by atoms with E-state index in [1.165, 1.54) is 18.2 Å². The first kappa shape index (κ1) is 16.8. The lowest BCUT2D eigenvalue weighted by Crippen LogP contribution is -2.32. The molecule has 0 aliphatic heterocycles. The van der Waals surface area contributed by atoms with Crippen LogP contribution in [-0.2, 0) is 10.0 Å². The van der Waals surface area contributed by atoms with Crippen LogP contribution in [0.25, 0.3) is 0 Å². The summed E-state index contributed by atoms with van der Waals surface area (Å²) in [6.45, 7) is 3.98. The van der Waals surface area contributed by atoms with Crippen LogP contribution >= 0.6 is 11.6 Å². The molecule has 0 spiro atoms. The SMILES string of the molecule is CCC[C@H](C)NC(=O)c1ccc(NS(C)(=O)=O)c(Cl)c1. The first-order chi connectivity index (χ1) is 9.23. The highest BCUT2D eigenvalue weighted by Gasteiger charge is 2.12. The Morgan fingerprint density at radius 3 is 2.55 bits per heavy atom. The Labute approximate surface area is 124 Å². The van der Waals surface area contributed by atoms with E-state index >= 15 is 0 Å². The van der Waals surface area contributed by atoms with Gasteiger partial charge in [0.1, 0.15) is 0 Å². The number of nitrogens with one attached hydrogen (secondary N) is 2. The number of carbonyl (C=O) groups is 1. The van der Waals surface area contributed by atoms with Gasteiger partial charge in [-0.05, 0) is 31.5 Å². The number of hydrogen-bond acceptors (Lipinski definition) is 3. The average molecular weight is 319 g/mol. The van der Waals surface area contributed by atoms with E-state index in [-0.39, 0.29) is 22.7 Å². The number of carbonyl (C=O) groups excluding carboxylic acids is 1. The molecule has 0 aliphatic carbocycles. The van der Waals surface area contributed by atoms with Crippen molar-refractivity contribution in [2.24, 2.45) is 0 Å². The number of rotatable bonds is 6. The molecule has 0 fully saturated rings. The van der Waals surface area contributed by atoms with E-state index in [2.05, 4.69) is 10.0 Å². The molecular weight excluding hydrogens is 300 g/mol. The van der Waals surface area contributed by atoms with Gasteiger partial charge < -0.3 is 5.32 Å². The van der Waals surface area contributed by atoms with Crippen molar-refractivity contribution in [3.8, 4) is 0 Å². The lowest BCUT2D eigenvalue weighted by Gasteiger charge is -2.13. The maximum atomic E-state index is 12.0. The highest BCUT2D eigenvalue weighted by atomic mass is 35.5. The van der Waals surface area contributed by atoms with Crippen molar-refractivity contribution in [1.29, 1.82) is 0 Å². The molecule has 2 N–H and O–H groups in total.